The molecule has 6 rings (SSSR count). The lowest BCUT2D eigenvalue weighted by Gasteiger charge is -2.23. The number of amides is 1. The van der Waals surface area contributed by atoms with Crippen molar-refractivity contribution >= 4 is 17.6 Å². The molecule has 1 amide bonds. The molecule has 1 atom stereocenters. The SMILES string of the molecule is O=C(O)N1Cc2c(F)ccc3c2[C@@H](CO3)COc2cc(-n3cccn3)c3nncn3c21. The van der Waals surface area contributed by atoms with E-state index in [1.165, 1.54) is 16.8 Å². The topological polar surface area (TPSA) is 107 Å². The van der Waals surface area contributed by atoms with E-state index < -0.39 is 11.9 Å². The second-order valence-electron chi connectivity index (χ2n) is 7.32. The lowest BCUT2D eigenvalue weighted by molar-refractivity contribution is 0.200. The van der Waals surface area contributed by atoms with Gasteiger partial charge in [0, 0.05) is 29.6 Å². The fourth-order valence-corrected chi connectivity index (χ4v) is 4.22. The van der Waals surface area contributed by atoms with Crippen molar-refractivity contribution in [1.29, 1.82) is 0 Å². The summed E-state index contributed by atoms with van der Waals surface area (Å²) in [6.07, 6.45) is 3.50. The van der Waals surface area contributed by atoms with Gasteiger partial charge in [0.2, 0.25) is 0 Å². The summed E-state index contributed by atoms with van der Waals surface area (Å²) < 4.78 is 29.8. The molecule has 0 spiro atoms. The summed E-state index contributed by atoms with van der Waals surface area (Å²) in [7, 11) is 0. The quantitative estimate of drug-likeness (QED) is 0.502. The van der Waals surface area contributed by atoms with Crippen LogP contribution in [0.25, 0.3) is 11.3 Å². The summed E-state index contributed by atoms with van der Waals surface area (Å²) in [6.45, 7) is 0.306. The number of ether oxygens (including phenoxy) is 2. The van der Waals surface area contributed by atoms with Gasteiger partial charge < -0.3 is 14.6 Å². The number of anilines is 1. The maximum atomic E-state index is 14.9. The van der Waals surface area contributed by atoms with Crippen molar-refractivity contribution < 1.29 is 23.8 Å². The van der Waals surface area contributed by atoms with Crippen LogP contribution in [0.2, 0.25) is 0 Å². The van der Waals surface area contributed by atoms with Crippen molar-refractivity contribution in [1.82, 2.24) is 24.4 Å². The van der Waals surface area contributed by atoms with Crippen molar-refractivity contribution in [2.24, 2.45) is 0 Å². The van der Waals surface area contributed by atoms with Crippen molar-refractivity contribution in [3.8, 4) is 17.2 Å². The molecular weight excluding hydrogens is 407 g/mol. The molecule has 11 heteroatoms. The van der Waals surface area contributed by atoms with Gasteiger partial charge >= 0.3 is 6.09 Å². The summed E-state index contributed by atoms with van der Waals surface area (Å²) in [6, 6.07) is 6.30. The first-order valence-electron chi connectivity index (χ1n) is 9.56. The van der Waals surface area contributed by atoms with Gasteiger partial charge in [-0.15, -0.1) is 10.2 Å². The molecule has 0 unspecified atom stereocenters. The average molecular weight is 422 g/mol. The predicted octanol–water partition coefficient (Wildman–Crippen LogP) is 2.61. The molecule has 0 fully saturated rings. The Morgan fingerprint density at radius 2 is 2.06 bits per heavy atom. The molecule has 0 saturated heterocycles. The van der Waals surface area contributed by atoms with E-state index in [0.29, 0.717) is 35.0 Å². The lowest BCUT2D eigenvalue weighted by atomic mass is 9.95. The monoisotopic (exact) mass is 422 g/mol. The minimum Gasteiger partial charge on any atom is -0.493 e. The van der Waals surface area contributed by atoms with Crippen LogP contribution >= 0.6 is 0 Å². The van der Waals surface area contributed by atoms with E-state index in [2.05, 4.69) is 15.3 Å². The molecule has 31 heavy (non-hydrogen) atoms. The standard InChI is InChI=1S/C20H15FN6O4/c21-13-2-3-15-17-11(8-30-15)9-31-16-6-14(27-5-1-4-23-27)18-24-22-10-26(18)19(16)25(20(28)29)7-12(13)17/h1-6,10-11H,7-9H2,(H,28,29)/t11-/m0/s1. The molecule has 2 aliphatic heterocycles. The van der Waals surface area contributed by atoms with Crippen LogP contribution in [0.5, 0.6) is 11.5 Å². The zero-order valence-electron chi connectivity index (χ0n) is 16.0. The second-order valence-corrected chi connectivity index (χ2v) is 7.32. The number of pyridine rings is 1. The Balaban J connectivity index is 1.62. The average Bonchev–Trinajstić information content (AvgIpc) is 3.51. The molecule has 0 radical (unpaired) electrons. The maximum absolute atomic E-state index is 14.9. The largest absolute Gasteiger partial charge is 0.493 e. The number of hydrogen-bond acceptors (Lipinski definition) is 6. The van der Waals surface area contributed by atoms with Crippen molar-refractivity contribution in [2.75, 3.05) is 18.1 Å². The molecule has 156 valence electrons. The number of halogens is 1. The Hall–Kier alpha value is -4.15. The predicted molar refractivity (Wildman–Crippen MR) is 104 cm³/mol. The van der Waals surface area contributed by atoms with Gasteiger partial charge in [0.1, 0.15) is 23.6 Å². The summed E-state index contributed by atoms with van der Waals surface area (Å²) in [4.78, 5) is 13.4. The normalized spacial score (nSPS) is 17.2. The Kier molecular flexibility index (Phi) is 3.66. The summed E-state index contributed by atoms with van der Waals surface area (Å²) in [5.41, 5.74) is 1.87. The molecule has 0 bridgehead atoms. The van der Waals surface area contributed by atoms with Crippen LogP contribution in [0.3, 0.4) is 0 Å². The Morgan fingerprint density at radius 3 is 2.84 bits per heavy atom. The fourth-order valence-electron chi connectivity index (χ4n) is 4.22. The number of nitrogens with zero attached hydrogens (tertiary/aromatic N) is 6. The van der Waals surface area contributed by atoms with Crippen molar-refractivity contribution in [2.45, 2.75) is 12.5 Å². The van der Waals surface area contributed by atoms with Gasteiger partial charge in [-0.05, 0) is 18.2 Å². The van der Waals surface area contributed by atoms with Crippen LogP contribution in [0.15, 0.2) is 43.0 Å². The number of carbonyl (C=O) groups is 1. The highest BCUT2D eigenvalue weighted by Gasteiger charge is 2.35. The molecule has 1 N–H and O–H groups in total. The number of carboxylic acid groups (broad SMARTS) is 1. The van der Waals surface area contributed by atoms with Crippen molar-refractivity contribution in [3.05, 3.63) is 59.9 Å². The lowest BCUT2D eigenvalue weighted by Crippen LogP contribution is -2.31. The highest BCUT2D eigenvalue weighted by atomic mass is 19.1. The van der Waals surface area contributed by atoms with Gasteiger partial charge in [0.15, 0.2) is 17.2 Å². The van der Waals surface area contributed by atoms with Gasteiger partial charge in [-0.25, -0.2) is 13.9 Å². The third kappa shape index (κ3) is 2.56. The second kappa shape index (κ2) is 6.42. The number of rotatable bonds is 1. The molecule has 10 nitrogen and oxygen atoms in total. The number of benzene rings is 1. The minimum atomic E-state index is -1.26. The van der Waals surface area contributed by atoms with E-state index in [9.17, 15) is 14.3 Å². The fraction of sp³-hybridized carbons (Fsp3) is 0.200. The number of aromatic nitrogens is 5. The van der Waals surface area contributed by atoms with E-state index in [1.807, 2.05) is 0 Å². The van der Waals surface area contributed by atoms with Crippen molar-refractivity contribution in [3.63, 3.8) is 0 Å². The summed E-state index contributed by atoms with van der Waals surface area (Å²) in [5.74, 6) is 0.320. The van der Waals surface area contributed by atoms with E-state index in [0.717, 1.165) is 4.90 Å². The first-order valence-corrected chi connectivity index (χ1v) is 9.56. The van der Waals surface area contributed by atoms with Crippen LogP contribution in [0, 0.1) is 5.82 Å². The van der Waals surface area contributed by atoms with E-state index in [1.54, 1.807) is 35.3 Å². The third-order valence-electron chi connectivity index (χ3n) is 5.60. The smallest absolute Gasteiger partial charge is 0.413 e. The third-order valence-corrected chi connectivity index (χ3v) is 5.60. The molecule has 5 heterocycles. The van der Waals surface area contributed by atoms with Crippen LogP contribution in [0.1, 0.15) is 17.0 Å². The zero-order valence-corrected chi connectivity index (χ0v) is 16.0. The molecule has 1 aromatic carbocycles. The van der Waals surface area contributed by atoms with Gasteiger partial charge in [0.05, 0.1) is 25.7 Å². The Bertz CT molecular complexity index is 1340. The van der Waals surface area contributed by atoms with Crippen LogP contribution in [-0.2, 0) is 6.54 Å². The van der Waals surface area contributed by atoms with E-state index in [-0.39, 0.29) is 30.5 Å². The maximum Gasteiger partial charge on any atom is 0.413 e. The van der Waals surface area contributed by atoms with Gasteiger partial charge in [0.25, 0.3) is 0 Å². The summed E-state index contributed by atoms with van der Waals surface area (Å²) in [5, 5.41) is 22.4. The van der Waals surface area contributed by atoms with E-state index in [4.69, 9.17) is 9.47 Å². The molecule has 2 aliphatic rings. The molecule has 0 aliphatic carbocycles. The van der Waals surface area contributed by atoms with E-state index >= 15 is 0 Å². The van der Waals surface area contributed by atoms with Crippen LogP contribution < -0.4 is 14.4 Å². The van der Waals surface area contributed by atoms with Gasteiger partial charge in [-0.3, -0.25) is 9.30 Å². The summed E-state index contributed by atoms with van der Waals surface area (Å²) >= 11 is 0. The number of hydrogen-bond donors (Lipinski definition) is 1. The van der Waals surface area contributed by atoms with Gasteiger partial charge in [-0.1, -0.05) is 0 Å². The minimum absolute atomic E-state index is 0.191. The number of fused-ring (bicyclic) bond motifs is 3. The van der Waals surface area contributed by atoms with Crippen LogP contribution in [0.4, 0.5) is 15.0 Å². The Labute approximate surface area is 174 Å². The Morgan fingerprint density at radius 1 is 1.23 bits per heavy atom. The first kappa shape index (κ1) is 17.7. The molecule has 0 saturated carbocycles. The van der Waals surface area contributed by atoms with Crippen LogP contribution in [-0.4, -0.2) is 48.8 Å². The molecule has 4 aromatic rings. The highest BCUT2D eigenvalue weighted by molar-refractivity contribution is 5.88. The first-order chi connectivity index (χ1) is 15.1. The van der Waals surface area contributed by atoms with Gasteiger partial charge in [-0.2, -0.15) is 5.10 Å². The zero-order chi connectivity index (χ0) is 21.1. The highest BCUT2D eigenvalue weighted by Crippen LogP contribution is 2.42. The molecule has 3 aromatic heterocycles. The molecular formula is C20H15FN6O4.